The molecule has 1 aromatic carbocycles. The Kier molecular flexibility index (Phi) is 4.48. The molecule has 0 saturated carbocycles. The van der Waals surface area contributed by atoms with Gasteiger partial charge in [0.25, 0.3) is 5.91 Å². The van der Waals surface area contributed by atoms with Crippen molar-refractivity contribution < 1.29 is 9.21 Å². The second-order valence-corrected chi connectivity index (χ2v) is 7.58. The molecule has 0 unspecified atom stereocenters. The Morgan fingerprint density at radius 3 is 2.93 bits per heavy atom. The molecule has 1 aliphatic carbocycles. The van der Waals surface area contributed by atoms with Gasteiger partial charge in [-0.25, -0.2) is 4.79 Å². The predicted molar refractivity (Wildman–Crippen MR) is 107 cm³/mol. The Balaban J connectivity index is 1.54. The standard InChI is InChI=1S/C19H13N3O3S2/c20-9-13-11-5-3-7-15(11)27-17(13)22-19(26)21-16(23)12-8-10-4-1-2-6-14(10)25-18(12)24/h1-2,4,6,8H,3,5,7H2,(H2,21,22,23,26). The van der Waals surface area contributed by atoms with E-state index in [-0.39, 0.29) is 10.7 Å². The summed E-state index contributed by atoms with van der Waals surface area (Å²) in [6.07, 6.45) is 2.89. The molecule has 8 heteroatoms. The van der Waals surface area contributed by atoms with E-state index in [1.165, 1.54) is 22.3 Å². The summed E-state index contributed by atoms with van der Waals surface area (Å²) in [6, 6.07) is 10.6. The maximum absolute atomic E-state index is 12.4. The average Bonchev–Trinajstić information content (AvgIpc) is 3.21. The average molecular weight is 395 g/mol. The van der Waals surface area contributed by atoms with E-state index in [4.69, 9.17) is 16.6 Å². The summed E-state index contributed by atoms with van der Waals surface area (Å²) in [7, 11) is 0. The Morgan fingerprint density at radius 2 is 2.11 bits per heavy atom. The van der Waals surface area contributed by atoms with Crippen molar-refractivity contribution >= 4 is 50.5 Å². The predicted octanol–water partition coefficient (Wildman–Crippen LogP) is 3.34. The van der Waals surface area contributed by atoms with Crippen LogP contribution in [0.1, 0.15) is 32.8 Å². The molecule has 1 amide bonds. The number of hydrogen-bond acceptors (Lipinski definition) is 6. The number of aryl methyl sites for hydroxylation is 1. The van der Waals surface area contributed by atoms with Crippen molar-refractivity contribution in [3.63, 3.8) is 0 Å². The van der Waals surface area contributed by atoms with E-state index in [2.05, 4.69) is 16.7 Å². The number of rotatable bonds is 2. The molecule has 4 rings (SSSR count). The van der Waals surface area contributed by atoms with Crippen LogP contribution in [0.3, 0.4) is 0 Å². The highest BCUT2D eigenvalue weighted by atomic mass is 32.1. The third-order valence-electron chi connectivity index (χ3n) is 4.37. The highest BCUT2D eigenvalue weighted by Crippen LogP contribution is 2.38. The third kappa shape index (κ3) is 3.23. The summed E-state index contributed by atoms with van der Waals surface area (Å²) in [5, 5.41) is 16.1. The van der Waals surface area contributed by atoms with Gasteiger partial charge in [0.05, 0.1) is 5.56 Å². The second-order valence-electron chi connectivity index (χ2n) is 6.07. The zero-order valence-electron chi connectivity index (χ0n) is 14.0. The van der Waals surface area contributed by atoms with E-state index in [0.717, 1.165) is 24.8 Å². The minimum Gasteiger partial charge on any atom is -0.422 e. The molecule has 0 spiro atoms. The van der Waals surface area contributed by atoms with Gasteiger partial charge in [-0.3, -0.25) is 10.1 Å². The SMILES string of the molecule is N#Cc1c(NC(=S)NC(=O)c2cc3ccccc3oc2=O)sc2c1CCC2. The Bertz CT molecular complexity index is 1190. The van der Waals surface area contributed by atoms with Crippen LogP contribution in [-0.2, 0) is 12.8 Å². The summed E-state index contributed by atoms with van der Waals surface area (Å²) in [5.74, 6) is -0.658. The number of carbonyl (C=O) groups is 1. The number of amides is 1. The van der Waals surface area contributed by atoms with E-state index >= 15 is 0 Å². The summed E-state index contributed by atoms with van der Waals surface area (Å²) >= 11 is 6.66. The van der Waals surface area contributed by atoms with Gasteiger partial charge in [-0.15, -0.1) is 11.3 Å². The molecule has 2 heterocycles. The first-order chi connectivity index (χ1) is 13.1. The summed E-state index contributed by atoms with van der Waals surface area (Å²) in [6.45, 7) is 0. The van der Waals surface area contributed by atoms with E-state index in [9.17, 15) is 14.9 Å². The van der Waals surface area contributed by atoms with Crippen molar-refractivity contribution in [3.8, 4) is 6.07 Å². The molecule has 134 valence electrons. The Morgan fingerprint density at radius 1 is 1.30 bits per heavy atom. The summed E-state index contributed by atoms with van der Waals surface area (Å²) in [4.78, 5) is 25.7. The van der Waals surface area contributed by atoms with E-state index in [1.54, 1.807) is 24.3 Å². The lowest BCUT2D eigenvalue weighted by atomic mass is 10.1. The monoisotopic (exact) mass is 395 g/mol. The topological polar surface area (TPSA) is 95.1 Å². The number of hydrogen-bond donors (Lipinski definition) is 2. The van der Waals surface area contributed by atoms with Gasteiger partial charge < -0.3 is 9.73 Å². The van der Waals surface area contributed by atoms with Crippen LogP contribution in [0, 0.1) is 11.3 Å². The van der Waals surface area contributed by atoms with Crippen molar-refractivity contribution in [1.82, 2.24) is 5.32 Å². The van der Waals surface area contributed by atoms with Crippen LogP contribution in [0.15, 0.2) is 39.5 Å². The zero-order chi connectivity index (χ0) is 19.0. The first-order valence-corrected chi connectivity index (χ1v) is 9.49. The van der Waals surface area contributed by atoms with Gasteiger partial charge in [0, 0.05) is 10.3 Å². The minimum atomic E-state index is -0.734. The van der Waals surface area contributed by atoms with E-state index < -0.39 is 11.5 Å². The van der Waals surface area contributed by atoms with Gasteiger partial charge in [0.1, 0.15) is 22.2 Å². The maximum atomic E-state index is 12.4. The van der Waals surface area contributed by atoms with E-state index in [1.807, 2.05) is 0 Å². The molecule has 2 aromatic heterocycles. The highest BCUT2D eigenvalue weighted by molar-refractivity contribution is 7.80. The molecule has 0 atom stereocenters. The molecule has 0 aliphatic heterocycles. The van der Waals surface area contributed by atoms with Crippen LogP contribution < -0.4 is 16.3 Å². The third-order valence-corrected chi connectivity index (χ3v) is 5.78. The van der Waals surface area contributed by atoms with Crippen LogP contribution in [0.25, 0.3) is 11.0 Å². The van der Waals surface area contributed by atoms with E-state index in [0.29, 0.717) is 21.5 Å². The van der Waals surface area contributed by atoms with Crippen molar-refractivity contribution in [2.45, 2.75) is 19.3 Å². The number of para-hydroxylation sites is 1. The van der Waals surface area contributed by atoms with Crippen molar-refractivity contribution in [3.05, 3.63) is 62.3 Å². The van der Waals surface area contributed by atoms with Crippen LogP contribution in [0.4, 0.5) is 5.00 Å². The fourth-order valence-corrected chi connectivity index (χ4v) is 4.64. The second kappa shape index (κ2) is 6.95. The maximum Gasteiger partial charge on any atom is 0.349 e. The molecular formula is C19H13N3O3S2. The van der Waals surface area contributed by atoms with Gasteiger partial charge >= 0.3 is 5.63 Å². The molecule has 0 bridgehead atoms. The smallest absolute Gasteiger partial charge is 0.349 e. The number of fused-ring (bicyclic) bond motifs is 2. The van der Waals surface area contributed by atoms with Crippen molar-refractivity contribution in [2.75, 3.05) is 5.32 Å². The van der Waals surface area contributed by atoms with Crippen LogP contribution >= 0.6 is 23.6 Å². The van der Waals surface area contributed by atoms with Crippen LogP contribution in [0.2, 0.25) is 0 Å². The zero-order valence-corrected chi connectivity index (χ0v) is 15.6. The van der Waals surface area contributed by atoms with Gasteiger partial charge in [-0.05, 0) is 49.2 Å². The van der Waals surface area contributed by atoms with Crippen molar-refractivity contribution in [2.24, 2.45) is 0 Å². The van der Waals surface area contributed by atoms with Gasteiger partial charge in [-0.2, -0.15) is 5.26 Å². The Labute approximate surface area is 163 Å². The van der Waals surface area contributed by atoms with Gasteiger partial charge in [0.15, 0.2) is 5.11 Å². The molecule has 3 aromatic rings. The first kappa shape index (κ1) is 17.4. The van der Waals surface area contributed by atoms with Crippen LogP contribution in [0.5, 0.6) is 0 Å². The van der Waals surface area contributed by atoms with Crippen LogP contribution in [-0.4, -0.2) is 11.0 Å². The quantitative estimate of drug-likeness (QED) is 0.510. The number of nitriles is 1. The molecule has 27 heavy (non-hydrogen) atoms. The number of anilines is 1. The fourth-order valence-electron chi connectivity index (χ4n) is 3.14. The lowest BCUT2D eigenvalue weighted by Crippen LogP contribution is -2.36. The summed E-state index contributed by atoms with van der Waals surface area (Å²) < 4.78 is 5.17. The highest BCUT2D eigenvalue weighted by Gasteiger charge is 2.23. The molecule has 1 aliphatic rings. The largest absolute Gasteiger partial charge is 0.422 e. The minimum absolute atomic E-state index is 0.0315. The molecule has 6 nitrogen and oxygen atoms in total. The lowest BCUT2D eigenvalue weighted by Gasteiger charge is -2.08. The number of nitrogens with zero attached hydrogens (tertiary/aromatic N) is 1. The van der Waals surface area contributed by atoms with Gasteiger partial charge in [0.2, 0.25) is 0 Å². The molecular weight excluding hydrogens is 382 g/mol. The number of benzene rings is 1. The first-order valence-electron chi connectivity index (χ1n) is 8.26. The molecule has 0 radical (unpaired) electrons. The molecule has 0 saturated heterocycles. The molecule has 2 N–H and O–H groups in total. The van der Waals surface area contributed by atoms with Crippen molar-refractivity contribution in [1.29, 1.82) is 5.26 Å². The number of thiocarbonyl (C=S) groups is 1. The number of thiophene rings is 1. The Hall–Kier alpha value is -3.02. The normalized spacial score (nSPS) is 12.4. The lowest BCUT2D eigenvalue weighted by molar-refractivity contribution is 0.0974. The number of nitrogens with one attached hydrogen (secondary N) is 2. The fraction of sp³-hybridized carbons (Fsp3) is 0.158. The molecule has 0 fully saturated rings. The number of carbonyl (C=O) groups excluding carboxylic acids is 1. The van der Waals surface area contributed by atoms with Gasteiger partial charge in [-0.1, -0.05) is 18.2 Å². The summed E-state index contributed by atoms with van der Waals surface area (Å²) in [5.41, 5.74) is 1.18.